The highest BCUT2D eigenvalue weighted by atomic mass is 32.2. The van der Waals surface area contributed by atoms with Gasteiger partial charge >= 0.3 is 5.97 Å². The molecular weight excluding hydrogens is 364 g/mol. The van der Waals surface area contributed by atoms with Crippen molar-refractivity contribution >= 4 is 28.8 Å². The number of carbonyl (C=O) groups is 1. The number of nitrogens with one attached hydrogen (secondary N) is 1. The molecule has 2 unspecified atom stereocenters. The second-order valence-corrected chi connectivity index (χ2v) is 7.22. The Morgan fingerprint density at radius 3 is 2.56 bits per heavy atom. The van der Waals surface area contributed by atoms with Gasteiger partial charge in [-0.05, 0) is 49.4 Å². The van der Waals surface area contributed by atoms with Crippen LogP contribution in [-0.4, -0.2) is 39.7 Å². The molecule has 0 aliphatic carbocycles. The second kappa shape index (κ2) is 8.35. The van der Waals surface area contributed by atoms with Gasteiger partial charge in [-0.25, -0.2) is 4.98 Å². The van der Waals surface area contributed by atoms with Crippen LogP contribution in [-0.2, 0) is 11.2 Å². The van der Waals surface area contributed by atoms with Gasteiger partial charge in [-0.2, -0.15) is 0 Å². The maximum Gasteiger partial charge on any atom is 0.316 e. The van der Waals surface area contributed by atoms with E-state index in [-0.39, 0.29) is 6.10 Å². The summed E-state index contributed by atoms with van der Waals surface area (Å²) in [6.07, 6.45) is 2.03. The number of fused-ring (bicyclic) bond motifs is 1. The number of benzene rings is 2. The van der Waals surface area contributed by atoms with Crippen LogP contribution in [0.1, 0.15) is 24.4 Å². The molecular formula is C20H22N2O4S. The zero-order valence-electron chi connectivity index (χ0n) is 15.4. The molecule has 0 spiro atoms. The van der Waals surface area contributed by atoms with Crippen molar-refractivity contribution in [1.82, 2.24) is 9.97 Å². The minimum absolute atomic E-state index is 0.257. The Labute approximate surface area is 161 Å². The Bertz CT molecular complexity index is 923. The number of hydrogen-bond donors (Lipinski definition) is 2. The molecule has 2 N–H and O–H groups in total. The molecule has 1 heterocycles. The van der Waals surface area contributed by atoms with Gasteiger partial charge in [0.25, 0.3) is 0 Å². The predicted molar refractivity (Wildman–Crippen MR) is 107 cm³/mol. The van der Waals surface area contributed by atoms with Gasteiger partial charge in [0.15, 0.2) is 6.10 Å². The highest BCUT2D eigenvalue weighted by Gasteiger charge is 2.17. The minimum Gasteiger partial charge on any atom is -0.497 e. The summed E-state index contributed by atoms with van der Waals surface area (Å²) < 4.78 is 11.2. The lowest BCUT2D eigenvalue weighted by atomic mass is 10.1. The van der Waals surface area contributed by atoms with Crippen molar-refractivity contribution < 1.29 is 19.4 Å². The number of ether oxygens (including phenoxy) is 2. The van der Waals surface area contributed by atoms with Crippen molar-refractivity contribution in [2.24, 2.45) is 0 Å². The molecule has 0 saturated carbocycles. The summed E-state index contributed by atoms with van der Waals surface area (Å²) in [6, 6.07) is 13.2. The maximum absolute atomic E-state index is 11.2. The van der Waals surface area contributed by atoms with E-state index in [0.29, 0.717) is 12.2 Å². The van der Waals surface area contributed by atoms with E-state index >= 15 is 0 Å². The first-order valence-electron chi connectivity index (χ1n) is 8.55. The Morgan fingerprint density at radius 1 is 1.22 bits per heavy atom. The van der Waals surface area contributed by atoms with E-state index in [0.717, 1.165) is 28.2 Å². The molecule has 3 rings (SSSR count). The fraction of sp³-hybridized carbons (Fsp3) is 0.300. The second-order valence-electron chi connectivity index (χ2n) is 6.18. The third-order valence-corrected chi connectivity index (χ3v) is 5.25. The van der Waals surface area contributed by atoms with Crippen LogP contribution in [0.15, 0.2) is 42.5 Å². The van der Waals surface area contributed by atoms with Crippen LogP contribution in [0.5, 0.6) is 11.5 Å². The average molecular weight is 386 g/mol. The first-order valence-corrected chi connectivity index (χ1v) is 9.83. The van der Waals surface area contributed by atoms with Crippen molar-refractivity contribution in [3.05, 3.63) is 53.9 Å². The summed E-state index contributed by atoms with van der Waals surface area (Å²) in [5.74, 6) is 1.42. The summed E-state index contributed by atoms with van der Waals surface area (Å²) >= 11 is 1.34. The smallest absolute Gasteiger partial charge is 0.316 e. The predicted octanol–water partition coefficient (Wildman–Crippen LogP) is 4.07. The number of carboxylic acids is 1. The van der Waals surface area contributed by atoms with Crippen molar-refractivity contribution in [3.8, 4) is 11.5 Å². The van der Waals surface area contributed by atoms with Gasteiger partial charge < -0.3 is 19.6 Å². The number of rotatable bonds is 8. The van der Waals surface area contributed by atoms with Gasteiger partial charge in [0.05, 0.1) is 18.1 Å². The summed E-state index contributed by atoms with van der Waals surface area (Å²) in [5.41, 5.74) is 2.72. The van der Waals surface area contributed by atoms with Gasteiger partial charge in [0.2, 0.25) is 0 Å². The number of hydrogen-bond acceptors (Lipinski definition) is 5. The third-order valence-electron chi connectivity index (χ3n) is 4.31. The highest BCUT2D eigenvalue weighted by Crippen LogP contribution is 2.25. The summed E-state index contributed by atoms with van der Waals surface area (Å²) in [6.45, 7) is 1.93. The molecule has 0 aliphatic rings. The number of nitrogens with zero attached hydrogens (tertiary/aromatic N) is 1. The Kier molecular flexibility index (Phi) is 5.91. The topological polar surface area (TPSA) is 84.4 Å². The normalized spacial score (nSPS) is 13.3. The Morgan fingerprint density at radius 2 is 1.93 bits per heavy atom. The number of aliphatic carboxylic acids is 1. The van der Waals surface area contributed by atoms with Crippen molar-refractivity contribution in [2.75, 3.05) is 13.4 Å². The highest BCUT2D eigenvalue weighted by molar-refractivity contribution is 7.99. The fourth-order valence-electron chi connectivity index (χ4n) is 2.78. The number of aromatic amines is 1. The van der Waals surface area contributed by atoms with Crippen LogP contribution in [0, 0.1) is 0 Å². The molecule has 27 heavy (non-hydrogen) atoms. The molecule has 142 valence electrons. The van der Waals surface area contributed by atoms with E-state index in [1.165, 1.54) is 11.8 Å². The van der Waals surface area contributed by atoms with E-state index in [9.17, 15) is 4.79 Å². The molecule has 0 radical (unpaired) electrons. The van der Waals surface area contributed by atoms with Gasteiger partial charge in [0, 0.05) is 6.07 Å². The largest absolute Gasteiger partial charge is 0.497 e. The van der Waals surface area contributed by atoms with Crippen LogP contribution >= 0.6 is 11.8 Å². The number of imidazole rings is 1. The third kappa shape index (κ3) is 4.54. The van der Waals surface area contributed by atoms with Gasteiger partial charge in [0.1, 0.15) is 22.6 Å². The number of carboxylic acid groups (broad SMARTS) is 1. The summed E-state index contributed by atoms with van der Waals surface area (Å²) in [4.78, 5) is 19.0. The number of H-pyrrole nitrogens is 1. The molecule has 6 nitrogen and oxygen atoms in total. The van der Waals surface area contributed by atoms with Crippen LogP contribution in [0.25, 0.3) is 11.0 Å². The number of methoxy groups -OCH3 is 1. The van der Waals surface area contributed by atoms with Gasteiger partial charge in [-0.1, -0.05) is 12.1 Å². The zero-order chi connectivity index (χ0) is 19.4. The quantitative estimate of drug-likeness (QED) is 0.607. The van der Waals surface area contributed by atoms with Gasteiger partial charge in [-0.3, -0.25) is 4.79 Å². The molecule has 3 aromatic rings. The summed E-state index contributed by atoms with van der Waals surface area (Å²) in [7, 11) is 1.63. The fourth-order valence-corrected chi connectivity index (χ4v) is 3.34. The van der Waals surface area contributed by atoms with Crippen LogP contribution in [0.3, 0.4) is 0 Å². The lowest BCUT2D eigenvalue weighted by molar-refractivity contribution is -0.136. The molecule has 7 heteroatoms. The number of aromatic nitrogens is 2. The minimum atomic E-state index is -0.794. The zero-order valence-corrected chi connectivity index (χ0v) is 16.2. The van der Waals surface area contributed by atoms with Crippen LogP contribution in [0.4, 0.5) is 0 Å². The molecule has 0 fully saturated rings. The first kappa shape index (κ1) is 19.1. The lowest BCUT2D eigenvalue weighted by Gasteiger charge is -2.13. The van der Waals surface area contributed by atoms with E-state index < -0.39 is 11.2 Å². The molecule has 1 aromatic heterocycles. The Balaban J connectivity index is 1.68. The van der Waals surface area contributed by atoms with Crippen molar-refractivity contribution in [1.29, 1.82) is 0 Å². The Hall–Kier alpha value is -2.67. The van der Waals surface area contributed by atoms with Crippen LogP contribution in [0.2, 0.25) is 0 Å². The summed E-state index contributed by atoms with van der Waals surface area (Å²) in [5, 5.41) is 8.72. The molecule has 0 aliphatic heterocycles. The van der Waals surface area contributed by atoms with E-state index in [1.807, 2.05) is 49.4 Å². The monoisotopic (exact) mass is 386 g/mol. The first-order chi connectivity index (χ1) is 13.0. The van der Waals surface area contributed by atoms with Crippen molar-refractivity contribution in [3.63, 3.8) is 0 Å². The standard InChI is InChI=1S/C20H22N2O4S/c1-12(19-21-16-9-8-15(25-2)11-17(16)22-19)26-14-6-4-13(5-7-14)10-18(27-3)20(23)24/h4-9,11-12,18H,10H2,1-3H3,(H,21,22)(H,23,24). The maximum atomic E-state index is 11.2. The molecule has 0 saturated heterocycles. The van der Waals surface area contributed by atoms with Gasteiger partial charge in [-0.15, -0.1) is 11.8 Å². The van der Waals surface area contributed by atoms with Crippen molar-refractivity contribution in [2.45, 2.75) is 24.7 Å². The van der Waals surface area contributed by atoms with E-state index in [4.69, 9.17) is 14.6 Å². The lowest BCUT2D eigenvalue weighted by Crippen LogP contribution is -2.18. The molecule has 2 aromatic carbocycles. The average Bonchev–Trinajstić information content (AvgIpc) is 3.10. The van der Waals surface area contributed by atoms with E-state index in [2.05, 4.69) is 9.97 Å². The molecule has 0 bridgehead atoms. The SMILES string of the molecule is COc1ccc2nc(C(C)Oc3ccc(CC(SC)C(=O)O)cc3)[nH]c2c1. The van der Waals surface area contributed by atoms with Crippen LogP contribution < -0.4 is 9.47 Å². The molecule has 0 amide bonds. The number of thioether (sulfide) groups is 1. The van der Waals surface area contributed by atoms with E-state index in [1.54, 1.807) is 13.4 Å². The molecule has 2 atom stereocenters.